The zero-order valence-corrected chi connectivity index (χ0v) is 10.0. The Morgan fingerprint density at radius 1 is 1.50 bits per heavy atom. The monoisotopic (exact) mass is 201 g/mol. The minimum atomic E-state index is -0.868. The lowest BCUT2D eigenvalue weighted by Crippen LogP contribution is -2.42. The van der Waals surface area contributed by atoms with Crippen LogP contribution in [0.4, 0.5) is 0 Å². The molecule has 1 rings (SSSR count). The Kier molecular flexibility index (Phi) is 3.24. The van der Waals surface area contributed by atoms with Crippen molar-refractivity contribution in [3.63, 3.8) is 0 Å². The van der Waals surface area contributed by atoms with Gasteiger partial charge in [-0.25, -0.2) is 0 Å². The van der Waals surface area contributed by atoms with Crippen molar-refractivity contribution in [1.29, 1.82) is 0 Å². The van der Waals surface area contributed by atoms with Gasteiger partial charge < -0.3 is 9.84 Å². The van der Waals surface area contributed by atoms with Gasteiger partial charge in [0.2, 0.25) is 5.79 Å². The number of rotatable bonds is 4. The van der Waals surface area contributed by atoms with Gasteiger partial charge in [-0.2, -0.15) is 0 Å². The van der Waals surface area contributed by atoms with E-state index in [1.54, 1.807) is 0 Å². The maximum absolute atomic E-state index is 9.73. The van der Waals surface area contributed by atoms with Crippen LogP contribution in [0.1, 0.15) is 34.1 Å². The third-order valence-electron chi connectivity index (χ3n) is 2.97. The van der Waals surface area contributed by atoms with Gasteiger partial charge in [0.1, 0.15) is 6.61 Å². The van der Waals surface area contributed by atoms with Gasteiger partial charge >= 0.3 is 0 Å². The van der Waals surface area contributed by atoms with Crippen LogP contribution in [0.15, 0.2) is 0 Å². The van der Waals surface area contributed by atoms with Crippen LogP contribution >= 0.6 is 0 Å². The average Bonchev–Trinajstić information content (AvgIpc) is 2.78. The van der Waals surface area contributed by atoms with Gasteiger partial charge in [0, 0.05) is 0 Å². The summed E-state index contributed by atoms with van der Waals surface area (Å²) < 4.78 is 5.02. The third-order valence-corrected chi connectivity index (χ3v) is 2.97. The van der Waals surface area contributed by atoms with Crippen LogP contribution in [-0.2, 0) is 4.74 Å². The molecule has 3 nitrogen and oxygen atoms in total. The molecular formula is C11H23NO2. The van der Waals surface area contributed by atoms with Crippen molar-refractivity contribution >= 4 is 0 Å². The molecule has 0 bridgehead atoms. The second-order valence-electron chi connectivity index (χ2n) is 5.60. The molecule has 0 aromatic rings. The van der Waals surface area contributed by atoms with Crippen LogP contribution in [0.2, 0.25) is 0 Å². The van der Waals surface area contributed by atoms with Gasteiger partial charge in [-0.1, -0.05) is 20.8 Å². The number of likely N-dealkylation sites (N-methyl/N-ethyl adjacent to an activating group) is 1. The summed E-state index contributed by atoms with van der Waals surface area (Å²) in [6.07, 6.45) is 1.13. The highest BCUT2D eigenvalue weighted by atomic mass is 16.7. The third kappa shape index (κ3) is 3.23. The first-order chi connectivity index (χ1) is 6.25. The van der Waals surface area contributed by atoms with Crippen molar-refractivity contribution in [2.75, 3.05) is 20.2 Å². The van der Waals surface area contributed by atoms with E-state index in [4.69, 9.17) is 4.74 Å². The van der Waals surface area contributed by atoms with E-state index in [0.29, 0.717) is 12.0 Å². The molecule has 1 aliphatic rings. The molecule has 1 heterocycles. The van der Waals surface area contributed by atoms with Crippen LogP contribution in [0, 0.1) is 5.41 Å². The Labute approximate surface area is 87.1 Å². The normalized spacial score (nSPS) is 29.4. The Balaban J connectivity index is 2.31. The molecule has 1 saturated heterocycles. The van der Waals surface area contributed by atoms with Crippen molar-refractivity contribution in [2.45, 2.75) is 45.9 Å². The van der Waals surface area contributed by atoms with E-state index in [1.807, 2.05) is 14.0 Å². The quantitative estimate of drug-likeness (QED) is 0.700. The van der Waals surface area contributed by atoms with Gasteiger partial charge in [0.05, 0.1) is 6.04 Å². The summed E-state index contributed by atoms with van der Waals surface area (Å²) in [7, 11) is 2.04. The molecule has 2 unspecified atom stereocenters. The first-order valence-electron chi connectivity index (χ1n) is 5.31. The number of aliphatic hydroxyl groups is 1. The van der Waals surface area contributed by atoms with E-state index < -0.39 is 5.79 Å². The van der Waals surface area contributed by atoms with Crippen molar-refractivity contribution in [2.24, 2.45) is 5.41 Å². The Morgan fingerprint density at radius 3 is 2.36 bits per heavy atom. The maximum atomic E-state index is 9.73. The summed E-state index contributed by atoms with van der Waals surface area (Å²) in [5, 5.41) is 9.73. The Hall–Kier alpha value is -0.120. The molecule has 0 saturated carbocycles. The number of hydrogen-bond acceptors (Lipinski definition) is 3. The SMILES string of the molecule is CC(N(C)CCC(C)(C)C)C1(O)CO1. The first kappa shape index (κ1) is 12.0. The standard InChI is InChI=1S/C11H23NO2/c1-9(11(13)8-14-11)12(5)7-6-10(2,3)4/h9,13H,6-8H2,1-5H3. The van der Waals surface area contributed by atoms with Gasteiger partial charge in [0.25, 0.3) is 0 Å². The molecule has 0 aromatic carbocycles. The fourth-order valence-electron chi connectivity index (χ4n) is 1.36. The van der Waals surface area contributed by atoms with Gasteiger partial charge in [-0.15, -0.1) is 0 Å². The first-order valence-corrected chi connectivity index (χ1v) is 5.31. The van der Waals surface area contributed by atoms with E-state index in [-0.39, 0.29) is 6.04 Å². The molecule has 84 valence electrons. The van der Waals surface area contributed by atoms with E-state index in [9.17, 15) is 5.11 Å². The largest absolute Gasteiger partial charge is 0.362 e. The molecular weight excluding hydrogens is 178 g/mol. The highest BCUT2D eigenvalue weighted by Crippen LogP contribution is 2.30. The van der Waals surface area contributed by atoms with Gasteiger partial charge in [-0.3, -0.25) is 4.90 Å². The highest BCUT2D eigenvalue weighted by Gasteiger charge is 2.49. The molecule has 0 spiro atoms. The lowest BCUT2D eigenvalue weighted by Gasteiger charge is -2.29. The van der Waals surface area contributed by atoms with Crippen molar-refractivity contribution in [3.05, 3.63) is 0 Å². The molecule has 1 aliphatic heterocycles. The van der Waals surface area contributed by atoms with E-state index in [0.717, 1.165) is 13.0 Å². The maximum Gasteiger partial charge on any atom is 0.205 e. The van der Waals surface area contributed by atoms with Crippen LogP contribution in [0.25, 0.3) is 0 Å². The van der Waals surface area contributed by atoms with Gasteiger partial charge in [0.15, 0.2) is 0 Å². The van der Waals surface area contributed by atoms with Crippen LogP contribution < -0.4 is 0 Å². The molecule has 0 aliphatic carbocycles. The van der Waals surface area contributed by atoms with Crippen LogP contribution in [0.5, 0.6) is 0 Å². The molecule has 3 heteroatoms. The zero-order valence-electron chi connectivity index (χ0n) is 10.0. The molecule has 0 amide bonds. The molecule has 14 heavy (non-hydrogen) atoms. The summed E-state index contributed by atoms with van der Waals surface area (Å²) in [4.78, 5) is 2.16. The summed E-state index contributed by atoms with van der Waals surface area (Å²) >= 11 is 0. The average molecular weight is 201 g/mol. The van der Waals surface area contributed by atoms with E-state index in [2.05, 4.69) is 25.7 Å². The number of hydrogen-bond donors (Lipinski definition) is 1. The summed E-state index contributed by atoms with van der Waals surface area (Å²) in [6, 6.07) is 0.0878. The number of epoxide rings is 1. The number of ether oxygens (including phenoxy) is 1. The fraction of sp³-hybridized carbons (Fsp3) is 1.00. The minimum Gasteiger partial charge on any atom is -0.362 e. The highest BCUT2D eigenvalue weighted by molar-refractivity contribution is 4.90. The van der Waals surface area contributed by atoms with Crippen LogP contribution in [-0.4, -0.2) is 42.0 Å². The second-order valence-corrected chi connectivity index (χ2v) is 5.60. The van der Waals surface area contributed by atoms with E-state index >= 15 is 0 Å². The molecule has 0 radical (unpaired) electrons. The summed E-state index contributed by atoms with van der Waals surface area (Å²) in [6.45, 7) is 10.2. The topological polar surface area (TPSA) is 36.0 Å². The van der Waals surface area contributed by atoms with Crippen molar-refractivity contribution in [1.82, 2.24) is 4.90 Å². The molecule has 2 atom stereocenters. The Bertz CT molecular complexity index is 194. The van der Waals surface area contributed by atoms with Crippen molar-refractivity contribution in [3.8, 4) is 0 Å². The van der Waals surface area contributed by atoms with Gasteiger partial charge in [-0.05, 0) is 32.4 Å². The predicted octanol–water partition coefficient (Wildman–Crippen LogP) is 1.46. The Morgan fingerprint density at radius 2 is 2.00 bits per heavy atom. The smallest absolute Gasteiger partial charge is 0.205 e. The minimum absolute atomic E-state index is 0.0878. The molecule has 1 fully saturated rings. The van der Waals surface area contributed by atoms with Crippen LogP contribution in [0.3, 0.4) is 0 Å². The lowest BCUT2D eigenvalue weighted by atomic mass is 9.92. The predicted molar refractivity (Wildman–Crippen MR) is 57.1 cm³/mol. The summed E-state index contributed by atoms with van der Waals surface area (Å²) in [5.41, 5.74) is 0.348. The van der Waals surface area contributed by atoms with Crippen molar-refractivity contribution < 1.29 is 9.84 Å². The fourth-order valence-corrected chi connectivity index (χ4v) is 1.36. The molecule has 0 aromatic heterocycles. The number of nitrogens with zero attached hydrogens (tertiary/aromatic N) is 1. The lowest BCUT2D eigenvalue weighted by molar-refractivity contribution is -0.0328. The molecule has 1 N–H and O–H groups in total. The summed E-state index contributed by atoms with van der Waals surface area (Å²) in [5.74, 6) is -0.868. The zero-order chi connectivity index (χ0) is 11.0. The van der Waals surface area contributed by atoms with E-state index in [1.165, 1.54) is 0 Å². The second kappa shape index (κ2) is 3.80.